The van der Waals surface area contributed by atoms with Crippen LogP contribution in [0, 0.1) is 5.82 Å². The topological polar surface area (TPSA) is 29.5 Å². The monoisotopic (exact) mass is 281 g/mol. The Morgan fingerprint density at radius 2 is 1.90 bits per heavy atom. The Morgan fingerprint density at radius 3 is 2.50 bits per heavy atom. The maximum atomic E-state index is 12.9. The predicted molar refractivity (Wildman–Crippen MR) is 77.8 cm³/mol. The summed E-state index contributed by atoms with van der Waals surface area (Å²) in [5.41, 5.74) is 1.01. The van der Waals surface area contributed by atoms with Crippen LogP contribution in [0.2, 0.25) is 0 Å². The lowest BCUT2D eigenvalue weighted by atomic mass is 10.2. The molecule has 0 atom stereocenters. The van der Waals surface area contributed by atoms with Crippen molar-refractivity contribution < 1.29 is 13.9 Å². The van der Waals surface area contributed by atoms with Gasteiger partial charge in [0.25, 0.3) is 0 Å². The van der Waals surface area contributed by atoms with Crippen LogP contribution in [0.5, 0.6) is 0 Å². The molecule has 0 N–H and O–H groups in total. The van der Waals surface area contributed by atoms with Crippen molar-refractivity contribution >= 4 is 5.97 Å². The van der Waals surface area contributed by atoms with Crippen LogP contribution in [0.1, 0.15) is 38.7 Å². The van der Waals surface area contributed by atoms with Gasteiger partial charge in [0, 0.05) is 6.54 Å². The van der Waals surface area contributed by atoms with E-state index < -0.39 is 0 Å². The summed E-state index contributed by atoms with van der Waals surface area (Å²) >= 11 is 0. The van der Waals surface area contributed by atoms with Crippen molar-refractivity contribution in [2.24, 2.45) is 0 Å². The van der Waals surface area contributed by atoms with Crippen molar-refractivity contribution in [1.82, 2.24) is 4.90 Å². The molecule has 0 unspecified atom stereocenters. The first-order valence-electron chi connectivity index (χ1n) is 7.28. The van der Waals surface area contributed by atoms with E-state index in [2.05, 4.69) is 11.8 Å². The molecule has 0 fully saturated rings. The zero-order valence-electron chi connectivity index (χ0n) is 12.4. The number of unbranched alkanes of at least 4 members (excludes halogenated alkanes) is 2. The van der Waals surface area contributed by atoms with Crippen LogP contribution in [-0.4, -0.2) is 30.6 Å². The summed E-state index contributed by atoms with van der Waals surface area (Å²) in [5.74, 6) is -0.442. The van der Waals surface area contributed by atoms with Crippen LogP contribution in [0.25, 0.3) is 0 Å². The van der Waals surface area contributed by atoms with Crippen LogP contribution in [-0.2, 0) is 16.1 Å². The Hall–Kier alpha value is -1.42. The van der Waals surface area contributed by atoms with Gasteiger partial charge in [0.15, 0.2) is 0 Å². The van der Waals surface area contributed by atoms with Crippen molar-refractivity contribution in [3.8, 4) is 0 Å². The van der Waals surface area contributed by atoms with Crippen LogP contribution in [0.15, 0.2) is 24.3 Å². The fourth-order valence-corrected chi connectivity index (χ4v) is 2.04. The Labute approximate surface area is 120 Å². The largest absolute Gasteiger partial charge is 0.465 e. The van der Waals surface area contributed by atoms with Crippen molar-refractivity contribution in [3.05, 3.63) is 35.6 Å². The van der Waals surface area contributed by atoms with Gasteiger partial charge in [-0.2, -0.15) is 0 Å². The summed E-state index contributed by atoms with van der Waals surface area (Å²) in [6, 6.07) is 6.41. The second kappa shape index (κ2) is 9.48. The first-order chi connectivity index (χ1) is 9.65. The van der Waals surface area contributed by atoms with Crippen LogP contribution in [0.4, 0.5) is 4.39 Å². The van der Waals surface area contributed by atoms with Gasteiger partial charge in [0.1, 0.15) is 5.82 Å². The minimum Gasteiger partial charge on any atom is -0.465 e. The summed E-state index contributed by atoms with van der Waals surface area (Å²) in [7, 11) is 0. The lowest BCUT2D eigenvalue weighted by Gasteiger charge is -2.21. The molecular weight excluding hydrogens is 257 g/mol. The highest BCUT2D eigenvalue weighted by molar-refractivity contribution is 5.71. The highest BCUT2D eigenvalue weighted by Gasteiger charge is 2.12. The Kier molecular flexibility index (Phi) is 7.88. The Balaban J connectivity index is 2.56. The molecule has 0 aliphatic rings. The van der Waals surface area contributed by atoms with E-state index >= 15 is 0 Å². The molecule has 0 amide bonds. The normalized spacial score (nSPS) is 10.8. The third-order valence-corrected chi connectivity index (χ3v) is 3.06. The number of hydrogen-bond donors (Lipinski definition) is 0. The fraction of sp³-hybridized carbons (Fsp3) is 0.562. The lowest BCUT2D eigenvalue weighted by molar-refractivity contribution is -0.144. The summed E-state index contributed by atoms with van der Waals surface area (Å²) in [6.45, 7) is 6.13. The molecule has 1 aromatic carbocycles. The van der Waals surface area contributed by atoms with E-state index in [4.69, 9.17) is 4.74 Å². The van der Waals surface area contributed by atoms with Crippen molar-refractivity contribution in [3.63, 3.8) is 0 Å². The van der Waals surface area contributed by atoms with Gasteiger partial charge < -0.3 is 4.74 Å². The predicted octanol–water partition coefficient (Wildman–Crippen LogP) is 3.38. The second-order valence-electron chi connectivity index (χ2n) is 4.85. The Morgan fingerprint density at radius 1 is 1.20 bits per heavy atom. The average molecular weight is 281 g/mol. The standard InChI is InChI=1S/C16H24FNO2/c1-3-5-6-11-18(13-16(19)20-4-2)12-14-7-9-15(17)10-8-14/h7-10H,3-6,11-13H2,1-2H3. The summed E-state index contributed by atoms with van der Waals surface area (Å²) in [4.78, 5) is 13.7. The first-order valence-corrected chi connectivity index (χ1v) is 7.28. The molecule has 0 spiro atoms. The van der Waals surface area contributed by atoms with E-state index in [0.717, 1.165) is 31.4 Å². The zero-order chi connectivity index (χ0) is 14.8. The van der Waals surface area contributed by atoms with Crippen molar-refractivity contribution in [2.45, 2.75) is 39.7 Å². The van der Waals surface area contributed by atoms with Crippen LogP contribution >= 0.6 is 0 Å². The third-order valence-electron chi connectivity index (χ3n) is 3.06. The number of benzene rings is 1. The van der Waals surface area contributed by atoms with Gasteiger partial charge in [-0.15, -0.1) is 0 Å². The number of halogens is 1. The van der Waals surface area contributed by atoms with Crippen LogP contribution in [0.3, 0.4) is 0 Å². The third kappa shape index (κ3) is 6.66. The van der Waals surface area contributed by atoms with Crippen molar-refractivity contribution in [1.29, 1.82) is 0 Å². The molecule has 0 heterocycles. The second-order valence-corrected chi connectivity index (χ2v) is 4.85. The molecule has 0 saturated carbocycles. The maximum Gasteiger partial charge on any atom is 0.320 e. The fourth-order valence-electron chi connectivity index (χ4n) is 2.04. The molecule has 0 saturated heterocycles. The minimum absolute atomic E-state index is 0.203. The highest BCUT2D eigenvalue weighted by atomic mass is 19.1. The molecule has 0 aromatic heterocycles. The van der Waals surface area contributed by atoms with Gasteiger partial charge in [-0.1, -0.05) is 31.9 Å². The molecule has 0 radical (unpaired) electrons. The Bertz CT molecular complexity index is 392. The molecule has 112 valence electrons. The maximum absolute atomic E-state index is 12.9. The summed E-state index contributed by atoms with van der Waals surface area (Å²) in [5, 5.41) is 0. The van der Waals surface area contributed by atoms with E-state index in [9.17, 15) is 9.18 Å². The van der Waals surface area contributed by atoms with Gasteiger partial charge in [0.2, 0.25) is 0 Å². The molecular formula is C16H24FNO2. The number of carbonyl (C=O) groups excluding carboxylic acids is 1. The molecule has 4 heteroatoms. The van der Waals surface area contributed by atoms with Gasteiger partial charge in [-0.05, 0) is 37.6 Å². The molecule has 3 nitrogen and oxygen atoms in total. The number of esters is 1. The SMILES string of the molecule is CCCCCN(CC(=O)OCC)Cc1ccc(F)cc1. The smallest absolute Gasteiger partial charge is 0.320 e. The number of ether oxygens (including phenoxy) is 1. The summed E-state index contributed by atoms with van der Waals surface area (Å²) < 4.78 is 17.9. The van der Waals surface area contributed by atoms with E-state index in [0.29, 0.717) is 13.2 Å². The van der Waals surface area contributed by atoms with Gasteiger partial charge in [-0.3, -0.25) is 9.69 Å². The number of nitrogens with zero attached hydrogens (tertiary/aromatic N) is 1. The van der Waals surface area contributed by atoms with E-state index in [1.54, 1.807) is 19.1 Å². The average Bonchev–Trinajstić information content (AvgIpc) is 2.42. The molecule has 1 aromatic rings. The number of rotatable bonds is 9. The molecule has 0 bridgehead atoms. The molecule has 0 aliphatic heterocycles. The number of carbonyl (C=O) groups is 1. The molecule has 20 heavy (non-hydrogen) atoms. The highest BCUT2D eigenvalue weighted by Crippen LogP contribution is 2.08. The lowest BCUT2D eigenvalue weighted by Crippen LogP contribution is -2.31. The quantitative estimate of drug-likeness (QED) is 0.513. The van der Waals surface area contributed by atoms with Gasteiger partial charge in [0.05, 0.1) is 13.2 Å². The van der Waals surface area contributed by atoms with E-state index in [-0.39, 0.29) is 18.3 Å². The van der Waals surface area contributed by atoms with Gasteiger partial charge >= 0.3 is 5.97 Å². The molecule has 0 aliphatic carbocycles. The van der Waals surface area contributed by atoms with E-state index in [1.165, 1.54) is 12.1 Å². The number of hydrogen-bond acceptors (Lipinski definition) is 3. The van der Waals surface area contributed by atoms with Gasteiger partial charge in [-0.25, -0.2) is 4.39 Å². The van der Waals surface area contributed by atoms with E-state index in [1.807, 2.05) is 0 Å². The van der Waals surface area contributed by atoms with Crippen molar-refractivity contribution in [2.75, 3.05) is 19.7 Å². The zero-order valence-corrected chi connectivity index (χ0v) is 12.4. The first kappa shape index (κ1) is 16.6. The minimum atomic E-state index is -0.239. The molecule has 1 rings (SSSR count). The summed E-state index contributed by atoms with van der Waals surface area (Å²) in [6.07, 6.45) is 3.34. The van der Waals surface area contributed by atoms with Crippen LogP contribution < -0.4 is 0 Å².